The second-order valence-corrected chi connectivity index (χ2v) is 6.23. The van der Waals surface area contributed by atoms with Crippen LogP contribution in [0.5, 0.6) is 0 Å². The molecule has 0 bridgehead atoms. The molecule has 3 N–H and O–H groups in total. The van der Waals surface area contributed by atoms with Crippen molar-refractivity contribution in [2.45, 2.75) is 38.0 Å². The van der Waals surface area contributed by atoms with E-state index in [9.17, 15) is 18.4 Å². The number of halogens is 2. The lowest BCUT2D eigenvalue weighted by Gasteiger charge is -2.19. The Labute approximate surface area is 126 Å². The molecule has 0 aromatic carbocycles. The first-order chi connectivity index (χ1) is 10.3. The molecule has 1 heterocycles. The number of carbonyl (C=O) groups is 2. The highest BCUT2D eigenvalue weighted by Crippen LogP contribution is 2.73. The molecule has 2 unspecified atom stereocenters. The van der Waals surface area contributed by atoms with Crippen molar-refractivity contribution in [3.8, 4) is 0 Å². The molecule has 0 aliphatic heterocycles. The third-order valence-electron chi connectivity index (χ3n) is 4.86. The van der Waals surface area contributed by atoms with Crippen LogP contribution >= 0.6 is 0 Å². The van der Waals surface area contributed by atoms with Gasteiger partial charge in [-0.1, -0.05) is 12.8 Å². The topological polar surface area (TPSA) is 90.0 Å². The van der Waals surface area contributed by atoms with Gasteiger partial charge in [-0.15, -0.1) is 0 Å². The molecule has 22 heavy (non-hydrogen) atoms. The van der Waals surface area contributed by atoms with Crippen LogP contribution < -0.4 is 11.1 Å². The molecular weight excluding hydrogens is 294 g/mol. The number of aromatic nitrogens is 2. The third kappa shape index (κ3) is 2.08. The van der Waals surface area contributed by atoms with E-state index in [1.54, 1.807) is 7.05 Å². The van der Waals surface area contributed by atoms with Gasteiger partial charge in [0, 0.05) is 25.6 Å². The van der Waals surface area contributed by atoms with Crippen LogP contribution in [-0.4, -0.2) is 27.5 Å². The lowest BCUT2D eigenvalue weighted by molar-refractivity contribution is -0.118. The maximum atomic E-state index is 14.0. The van der Waals surface area contributed by atoms with Gasteiger partial charge in [-0.25, -0.2) is 8.78 Å². The second kappa shape index (κ2) is 4.76. The van der Waals surface area contributed by atoms with E-state index in [-0.39, 0.29) is 17.8 Å². The van der Waals surface area contributed by atoms with Gasteiger partial charge in [0.25, 0.3) is 11.8 Å². The fraction of sp³-hybridized carbons (Fsp3) is 0.643. The molecule has 8 heteroatoms. The fourth-order valence-corrected chi connectivity index (χ4v) is 3.75. The van der Waals surface area contributed by atoms with Gasteiger partial charge in [0.05, 0.1) is 11.1 Å². The van der Waals surface area contributed by atoms with Gasteiger partial charge in [0.1, 0.15) is 0 Å². The Bertz CT molecular complexity index is 643. The molecule has 3 rings (SSSR count). The molecule has 0 spiro atoms. The Kier molecular flexibility index (Phi) is 3.23. The first-order valence-electron chi connectivity index (χ1n) is 7.29. The lowest BCUT2D eigenvalue weighted by atomic mass is 9.85. The summed E-state index contributed by atoms with van der Waals surface area (Å²) in [6.07, 6.45) is 3.54. The first-order valence-corrected chi connectivity index (χ1v) is 7.29. The zero-order valence-corrected chi connectivity index (χ0v) is 12.2. The molecule has 2 amide bonds. The van der Waals surface area contributed by atoms with Crippen LogP contribution in [0.2, 0.25) is 0 Å². The monoisotopic (exact) mass is 312 g/mol. The summed E-state index contributed by atoms with van der Waals surface area (Å²) in [5.74, 6) is -4.76. The summed E-state index contributed by atoms with van der Waals surface area (Å²) in [4.78, 5) is 23.4. The highest BCUT2D eigenvalue weighted by molar-refractivity contribution is 6.01. The molecule has 0 saturated heterocycles. The van der Waals surface area contributed by atoms with Crippen LogP contribution in [0.3, 0.4) is 0 Å². The number of anilines is 1. The number of fused-ring (bicyclic) bond motifs is 1. The number of carbonyl (C=O) groups excluding carboxylic acids is 2. The van der Waals surface area contributed by atoms with E-state index >= 15 is 0 Å². The average molecular weight is 312 g/mol. The molecule has 2 aliphatic rings. The second-order valence-electron chi connectivity index (χ2n) is 6.23. The smallest absolute Gasteiger partial charge is 0.271 e. The van der Waals surface area contributed by atoms with Gasteiger partial charge in [-0.05, 0) is 12.8 Å². The number of hydrogen-bond acceptors (Lipinski definition) is 3. The minimum Gasteiger partial charge on any atom is -0.364 e. The summed E-state index contributed by atoms with van der Waals surface area (Å²) in [5, 5.41) is 6.34. The van der Waals surface area contributed by atoms with E-state index in [0.29, 0.717) is 12.8 Å². The number of primary amides is 1. The van der Waals surface area contributed by atoms with Crippen molar-refractivity contribution >= 4 is 17.5 Å². The van der Waals surface area contributed by atoms with Crippen LogP contribution in [0.1, 0.15) is 42.6 Å². The zero-order chi connectivity index (χ0) is 16.1. The van der Waals surface area contributed by atoms with Crippen molar-refractivity contribution in [1.82, 2.24) is 9.78 Å². The Morgan fingerprint density at radius 3 is 2.86 bits per heavy atom. The van der Waals surface area contributed by atoms with Gasteiger partial charge in [-0.2, -0.15) is 5.10 Å². The highest BCUT2D eigenvalue weighted by Gasteiger charge is 2.80. The van der Waals surface area contributed by atoms with Gasteiger partial charge < -0.3 is 11.1 Å². The van der Waals surface area contributed by atoms with Crippen LogP contribution in [0.15, 0.2) is 6.20 Å². The van der Waals surface area contributed by atoms with E-state index < -0.39 is 29.1 Å². The van der Waals surface area contributed by atoms with Gasteiger partial charge in [0.2, 0.25) is 5.91 Å². The summed E-state index contributed by atoms with van der Waals surface area (Å²) in [7, 11) is 1.58. The van der Waals surface area contributed by atoms with Gasteiger partial charge >= 0.3 is 0 Å². The predicted molar refractivity (Wildman–Crippen MR) is 74.3 cm³/mol. The first kappa shape index (κ1) is 14.9. The van der Waals surface area contributed by atoms with E-state index in [1.807, 2.05) is 0 Å². The fourth-order valence-electron chi connectivity index (χ4n) is 3.75. The minimum atomic E-state index is -2.76. The molecule has 0 radical (unpaired) electrons. The molecule has 120 valence electrons. The van der Waals surface area contributed by atoms with E-state index in [1.165, 1.54) is 10.9 Å². The van der Waals surface area contributed by atoms with Crippen molar-refractivity contribution in [2.75, 3.05) is 5.32 Å². The predicted octanol–water partition coefficient (Wildman–Crippen LogP) is 1.67. The Morgan fingerprint density at radius 2 is 2.23 bits per heavy atom. The van der Waals surface area contributed by atoms with Crippen LogP contribution in [0.25, 0.3) is 0 Å². The maximum Gasteiger partial charge on any atom is 0.271 e. The quantitative estimate of drug-likeness (QED) is 0.886. The molecule has 2 atom stereocenters. The van der Waals surface area contributed by atoms with Crippen molar-refractivity contribution in [3.63, 3.8) is 0 Å². The number of rotatable bonds is 4. The van der Waals surface area contributed by atoms with Crippen molar-refractivity contribution in [2.24, 2.45) is 24.1 Å². The number of aryl methyl sites for hydroxylation is 1. The molecule has 2 aliphatic carbocycles. The summed E-state index contributed by atoms with van der Waals surface area (Å²) in [6, 6.07) is 0. The molecule has 6 nitrogen and oxygen atoms in total. The summed E-state index contributed by atoms with van der Waals surface area (Å²) >= 11 is 0. The third-order valence-corrected chi connectivity index (χ3v) is 4.86. The van der Waals surface area contributed by atoms with E-state index in [4.69, 9.17) is 5.73 Å². The van der Waals surface area contributed by atoms with E-state index in [0.717, 1.165) is 12.8 Å². The molecule has 2 saturated carbocycles. The van der Waals surface area contributed by atoms with Gasteiger partial charge in [0.15, 0.2) is 5.69 Å². The van der Waals surface area contributed by atoms with Crippen LogP contribution in [0, 0.1) is 11.3 Å². The number of hydrogen-bond donors (Lipinski definition) is 2. The van der Waals surface area contributed by atoms with Gasteiger partial charge in [-0.3, -0.25) is 14.3 Å². The summed E-state index contributed by atoms with van der Waals surface area (Å²) < 4.78 is 29.3. The number of alkyl halides is 2. The Hall–Kier alpha value is -1.99. The normalized spacial score (nSPS) is 28.8. The maximum absolute atomic E-state index is 14.0. The van der Waals surface area contributed by atoms with Crippen molar-refractivity contribution in [3.05, 3.63) is 11.9 Å². The number of nitrogens with one attached hydrogen (secondary N) is 1. The standard InChI is InChI=1S/C14H18F2N4O2/c1-20-7-8(11(19-20)12(17)22)18-10(21)6-13-5-3-2-4-9(13)14(13,15)16/h7,9H,2-6H2,1H3,(H2,17,22)(H,18,21). The lowest BCUT2D eigenvalue weighted by Crippen LogP contribution is -2.24. The SMILES string of the molecule is Cn1cc(NC(=O)CC23CCCCC2C3(F)F)c(C(N)=O)n1. The Morgan fingerprint density at radius 1 is 1.50 bits per heavy atom. The number of amides is 2. The Balaban J connectivity index is 1.73. The molecule has 1 aromatic heterocycles. The van der Waals surface area contributed by atoms with Crippen molar-refractivity contribution < 1.29 is 18.4 Å². The molecule has 2 fully saturated rings. The molecular formula is C14H18F2N4O2. The highest BCUT2D eigenvalue weighted by atomic mass is 19.3. The average Bonchev–Trinajstić information content (AvgIpc) is 2.72. The van der Waals surface area contributed by atoms with Crippen LogP contribution in [0.4, 0.5) is 14.5 Å². The molecule has 1 aromatic rings. The zero-order valence-electron chi connectivity index (χ0n) is 12.2. The van der Waals surface area contributed by atoms with Crippen molar-refractivity contribution in [1.29, 1.82) is 0 Å². The number of nitrogens with zero attached hydrogens (tertiary/aromatic N) is 2. The minimum absolute atomic E-state index is 0.0731. The number of nitrogens with two attached hydrogens (primary N) is 1. The summed E-state index contributed by atoms with van der Waals surface area (Å²) in [5.41, 5.74) is 4.06. The van der Waals surface area contributed by atoms with Crippen LogP contribution in [-0.2, 0) is 11.8 Å². The largest absolute Gasteiger partial charge is 0.364 e. The summed E-state index contributed by atoms with van der Waals surface area (Å²) in [6.45, 7) is 0. The van der Waals surface area contributed by atoms with E-state index in [2.05, 4.69) is 10.4 Å².